The molecule has 2 aromatic rings. The highest BCUT2D eigenvalue weighted by Crippen LogP contribution is 2.13. The first-order valence-electron chi connectivity index (χ1n) is 4.79. The fourth-order valence-electron chi connectivity index (χ4n) is 1.44. The summed E-state index contributed by atoms with van der Waals surface area (Å²) < 4.78 is 1.88. The summed E-state index contributed by atoms with van der Waals surface area (Å²) in [6.45, 7) is 3.98. The van der Waals surface area contributed by atoms with Crippen molar-refractivity contribution >= 4 is 5.95 Å². The minimum Gasteiger partial charge on any atom is -0.346 e. The van der Waals surface area contributed by atoms with Crippen molar-refractivity contribution in [2.45, 2.75) is 19.9 Å². The molecule has 0 spiro atoms. The summed E-state index contributed by atoms with van der Waals surface area (Å²) in [5, 5.41) is 11.1. The van der Waals surface area contributed by atoms with Crippen LogP contribution in [0.15, 0.2) is 12.5 Å². The van der Waals surface area contributed by atoms with E-state index in [2.05, 4.69) is 25.5 Å². The molecule has 0 amide bonds. The zero-order chi connectivity index (χ0) is 10.8. The van der Waals surface area contributed by atoms with Gasteiger partial charge in [0, 0.05) is 18.9 Å². The Balaban J connectivity index is 2.10. The van der Waals surface area contributed by atoms with E-state index < -0.39 is 0 Å². The molecule has 15 heavy (non-hydrogen) atoms. The summed E-state index contributed by atoms with van der Waals surface area (Å²) >= 11 is 0. The van der Waals surface area contributed by atoms with Gasteiger partial charge >= 0.3 is 0 Å². The number of anilines is 1. The van der Waals surface area contributed by atoms with Gasteiger partial charge in [-0.1, -0.05) is 0 Å². The molecule has 2 heterocycles. The van der Waals surface area contributed by atoms with Gasteiger partial charge in [0.15, 0.2) is 5.82 Å². The van der Waals surface area contributed by atoms with Gasteiger partial charge in [-0.05, 0) is 13.8 Å². The molecule has 0 bridgehead atoms. The lowest BCUT2D eigenvalue weighted by Gasteiger charge is -2.11. The van der Waals surface area contributed by atoms with Crippen molar-refractivity contribution in [2.24, 2.45) is 7.05 Å². The third-order valence-electron chi connectivity index (χ3n) is 2.19. The minimum atomic E-state index is 0.0723. The number of nitrogens with one attached hydrogen (secondary N) is 2. The first-order valence-corrected chi connectivity index (χ1v) is 4.79. The normalized spacial score (nSPS) is 12.7. The van der Waals surface area contributed by atoms with Gasteiger partial charge in [-0.2, -0.15) is 0 Å². The predicted octanol–water partition coefficient (Wildman–Crippen LogP) is 1.02. The van der Waals surface area contributed by atoms with Crippen molar-refractivity contribution in [1.82, 2.24) is 24.7 Å². The lowest BCUT2D eigenvalue weighted by Crippen LogP contribution is -2.12. The maximum atomic E-state index is 4.17. The van der Waals surface area contributed by atoms with Crippen molar-refractivity contribution < 1.29 is 0 Å². The molecule has 0 radical (unpaired) electrons. The number of aromatic amines is 1. The zero-order valence-electron chi connectivity index (χ0n) is 9.02. The quantitative estimate of drug-likeness (QED) is 0.786. The lowest BCUT2D eigenvalue weighted by atomic mass is 10.3. The van der Waals surface area contributed by atoms with Crippen LogP contribution in [0.3, 0.4) is 0 Å². The van der Waals surface area contributed by atoms with Gasteiger partial charge in [0.25, 0.3) is 0 Å². The first kappa shape index (κ1) is 9.70. The maximum Gasteiger partial charge on any atom is 0.200 e. The molecule has 0 aliphatic heterocycles. The Morgan fingerprint density at radius 1 is 1.53 bits per heavy atom. The van der Waals surface area contributed by atoms with Crippen molar-refractivity contribution in [3.63, 3.8) is 0 Å². The van der Waals surface area contributed by atoms with Crippen LogP contribution in [0, 0.1) is 6.92 Å². The summed E-state index contributed by atoms with van der Waals surface area (Å²) in [7, 11) is 1.92. The average molecular weight is 206 g/mol. The molecule has 0 fully saturated rings. The molecule has 0 aliphatic carbocycles. The SMILES string of the molecule is Cc1cnc(NC(C)c2nncn2C)[nH]1. The Bertz CT molecular complexity index is 443. The number of hydrogen-bond donors (Lipinski definition) is 2. The Labute approximate surface area is 87.8 Å². The van der Waals surface area contributed by atoms with Crippen LogP contribution in [0.5, 0.6) is 0 Å². The Morgan fingerprint density at radius 2 is 2.33 bits per heavy atom. The summed E-state index contributed by atoms with van der Waals surface area (Å²) in [5.74, 6) is 1.63. The number of rotatable bonds is 3. The highest BCUT2D eigenvalue weighted by Gasteiger charge is 2.11. The zero-order valence-corrected chi connectivity index (χ0v) is 9.02. The van der Waals surface area contributed by atoms with E-state index in [0.717, 1.165) is 17.5 Å². The van der Waals surface area contributed by atoms with Crippen LogP contribution in [0.2, 0.25) is 0 Å². The summed E-state index contributed by atoms with van der Waals surface area (Å²) in [5.41, 5.74) is 1.03. The number of aromatic nitrogens is 5. The van der Waals surface area contributed by atoms with Gasteiger partial charge in [-0.15, -0.1) is 10.2 Å². The first-order chi connectivity index (χ1) is 7.16. The smallest absolute Gasteiger partial charge is 0.200 e. The molecule has 2 N–H and O–H groups in total. The van der Waals surface area contributed by atoms with E-state index in [0.29, 0.717) is 0 Å². The van der Waals surface area contributed by atoms with E-state index >= 15 is 0 Å². The van der Waals surface area contributed by atoms with Crippen LogP contribution in [-0.4, -0.2) is 24.7 Å². The van der Waals surface area contributed by atoms with Gasteiger partial charge in [0.2, 0.25) is 5.95 Å². The topological polar surface area (TPSA) is 71.4 Å². The van der Waals surface area contributed by atoms with E-state index in [1.807, 2.05) is 25.5 Å². The number of nitrogens with zero attached hydrogens (tertiary/aromatic N) is 4. The minimum absolute atomic E-state index is 0.0723. The van der Waals surface area contributed by atoms with Crippen LogP contribution in [0.25, 0.3) is 0 Å². The highest BCUT2D eigenvalue weighted by atomic mass is 15.3. The largest absolute Gasteiger partial charge is 0.346 e. The lowest BCUT2D eigenvalue weighted by molar-refractivity contribution is 0.714. The monoisotopic (exact) mass is 206 g/mol. The van der Waals surface area contributed by atoms with Gasteiger partial charge in [-0.25, -0.2) is 4.98 Å². The molecule has 2 aromatic heterocycles. The van der Waals surface area contributed by atoms with Crippen LogP contribution in [0.1, 0.15) is 24.5 Å². The summed E-state index contributed by atoms with van der Waals surface area (Å²) in [6, 6.07) is 0.0723. The molecule has 0 aromatic carbocycles. The fourth-order valence-corrected chi connectivity index (χ4v) is 1.44. The van der Waals surface area contributed by atoms with Gasteiger partial charge in [0.1, 0.15) is 6.33 Å². The van der Waals surface area contributed by atoms with Crippen LogP contribution in [0.4, 0.5) is 5.95 Å². The summed E-state index contributed by atoms with van der Waals surface area (Å²) in [6.07, 6.45) is 3.46. The third-order valence-corrected chi connectivity index (χ3v) is 2.19. The van der Waals surface area contributed by atoms with Crippen molar-refractivity contribution in [3.8, 4) is 0 Å². The Kier molecular flexibility index (Phi) is 2.40. The van der Waals surface area contributed by atoms with E-state index in [4.69, 9.17) is 0 Å². The molecule has 1 atom stereocenters. The molecule has 6 nitrogen and oxygen atoms in total. The van der Waals surface area contributed by atoms with Crippen molar-refractivity contribution in [3.05, 3.63) is 24.0 Å². The average Bonchev–Trinajstić information content (AvgIpc) is 2.75. The molecular weight excluding hydrogens is 192 g/mol. The highest BCUT2D eigenvalue weighted by molar-refractivity contribution is 5.28. The van der Waals surface area contributed by atoms with E-state index in [1.54, 1.807) is 12.5 Å². The van der Waals surface area contributed by atoms with Gasteiger partial charge < -0.3 is 14.9 Å². The standard InChI is InChI=1S/C9H14N6/c1-6-4-10-9(12-6)13-7(2)8-14-11-5-15(8)3/h4-5,7H,1-3H3,(H2,10,12,13). The molecular formula is C9H14N6. The molecule has 2 rings (SSSR count). The molecule has 80 valence electrons. The van der Waals surface area contributed by atoms with E-state index in [-0.39, 0.29) is 6.04 Å². The van der Waals surface area contributed by atoms with Crippen LogP contribution >= 0.6 is 0 Å². The Hall–Kier alpha value is -1.85. The molecule has 6 heteroatoms. The van der Waals surface area contributed by atoms with Crippen molar-refractivity contribution in [2.75, 3.05) is 5.32 Å². The maximum absolute atomic E-state index is 4.17. The fraction of sp³-hybridized carbons (Fsp3) is 0.444. The molecule has 1 unspecified atom stereocenters. The second-order valence-corrected chi connectivity index (χ2v) is 3.58. The number of aryl methyl sites for hydroxylation is 2. The second-order valence-electron chi connectivity index (χ2n) is 3.58. The molecule has 0 saturated heterocycles. The second kappa shape index (κ2) is 3.72. The molecule has 0 saturated carbocycles. The summed E-state index contributed by atoms with van der Waals surface area (Å²) in [4.78, 5) is 7.28. The number of H-pyrrole nitrogens is 1. The van der Waals surface area contributed by atoms with Crippen LogP contribution in [-0.2, 0) is 7.05 Å². The van der Waals surface area contributed by atoms with Crippen molar-refractivity contribution in [1.29, 1.82) is 0 Å². The Morgan fingerprint density at radius 3 is 2.87 bits per heavy atom. The molecule has 0 aliphatic rings. The predicted molar refractivity (Wildman–Crippen MR) is 56.4 cm³/mol. The van der Waals surface area contributed by atoms with Gasteiger partial charge in [0.05, 0.1) is 6.04 Å². The van der Waals surface area contributed by atoms with E-state index in [1.165, 1.54) is 0 Å². The third kappa shape index (κ3) is 1.98. The van der Waals surface area contributed by atoms with Crippen LogP contribution < -0.4 is 5.32 Å². The number of hydrogen-bond acceptors (Lipinski definition) is 4. The van der Waals surface area contributed by atoms with E-state index in [9.17, 15) is 0 Å². The number of imidazole rings is 1. The van der Waals surface area contributed by atoms with Gasteiger partial charge in [-0.3, -0.25) is 0 Å².